The van der Waals surface area contributed by atoms with E-state index >= 15 is 0 Å². The molecule has 1 fully saturated rings. The number of benzene rings is 1. The molecule has 2 rings (SSSR count). The Hall–Kier alpha value is -0.820. The van der Waals surface area contributed by atoms with E-state index in [0.29, 0.717) is 12.0 Å². The monoisotopic (exact) mass is 416 g/mol. The zero-order chi connectivity index (χ0) is 14.9. The zero-order valence-corrected chi connectivity index (χ0v) is 15.8. The minimum atomic E-state index is 0. The predicted octanol–water partition coefficient (Wildman–Crippen LogP) is 2.97. The molecule has 1 unspecified atom stereocenters. The largest absolute Gasteiger partial charge is 0.370 e. The van der Waals surface area contributed by atoms with E-state index < -0.39 is 0 Å². The van der Waals surface area contributed by atoms with E-state index in [-0.39, 0.29) is 24.0 Å². The van der Waals surface area contributed by atoms with Crippen LogP contribution in [0.4, 0.5) is 0 Å². The fraction of sp³-hybridized carbons (Fsp3) is 0.588. The van der Waals surface area contributed by atoms with Crippen molar-refractivity contribution in [2.24, 2.45) is 10.7 Å². The van der Waals surface area contributed by atoms with Crippen LogP contribution in [0.15, 0.2) is 35.3 Å². The standard InChI is InChI=1S/C17H28N4.HI/c1-2-11-19-17(18)20-13-16-10-6-7-12-21(16)14-15-8-4-3-5-9-15;/h3-5,8-9,16H,2,6-7,10-14H2,1H3,(H3,18,19,20);1H. The minimum absolute atomic E-state index is 0. The molecule has 1 aromatic carbocycles. The molecule has 5 heteroatoms. The van der Waals surface area contributed by atoms with E-state index in [4.69, 9.17) is 5.73 Å². The number of rotatable bonds is 6. The Balaban J connectivity index is 0.00000242. The highest BCUT2D eigenvalue weighted by Gasteiger charge is 2.22. The molecule has 1 aliphatic rings. The highest BCUT2D eigenvalue weighted by molar-refractivity contribution is 14.0. The Morgan fingerprint density at radius 2 is 2.09 bits per heavy atom. The second-order valence-corrected chi connectivity index (χ2v) is 5.76. The molecule has 0 saturated carbocycles. The molecule has 0 radical (unpaired) electrons. The third-order valence-corrected chi connectivity index (χ3v) is 4.01. The van der Waals surface area contributed by atoms with Crippen molar-refractivity contribution in [2.45, 2.75) is 45.2 Å². The van der Waals surface area contributed by atoms with Crippen molar-refractivity contribution in [3.05, 3.63) is 35.9 Å². The molecule has 1 aliphatic heterocycles. The Labute approximate surface area is 151 Å². The van der Waals surface area contributed by atoms with Crippen LogP contribution in [0.1, 0.15) is 38.2 Å². The minimum Gasteiger partial charge on any atom is -0.370 e. The molecule has 0 aromatic heterocycles. The van der Waals surface area contributed by atoms with Crippen LogP contribution in [0, 0.1) is 0 Å². The van der Waals surface area contributed by atoms with E-state index in [1.165, 1.54) is 24.8 Å². The molecule has 4 nitrogen and oxygen atoms in total. The topological polar surface area (TPSA) is 53.6 Å². The number of hydrogen-bond acceptors (Lipinski definition) is 2. The lowest BCUT2D eigenvalue weighted by molar-refractivity contribution is 0.145. The van der Waals surface area contributed by atoms with Crippen LogP contribution in [0.3, 0.4) is 0 Å². The summed E-state index contributed by atoms with van der Waals surface area (Å²) in [6.45, 7) is 6.01. The Morgan fingerprint density at radius 1 is 1.32 bits per heavy atom. The highest BCUT2D eigenvalue weighted by atomic mass is 127. The van der Waals surface area contributed by atoms with Crippen molar-refractivity contribution in [1.82, 2.24) is 10.2 Å². The number of piperidine rings is 1. The highest BCUT2D eigenvalue weighted by Crippen LogP contribution is 2.19. The maximum Gasteiger partial charge on any atom is 0.188 e. The van der Waals surface area contributed by atoms with Crippen molar-refractivity contribution < 1.29 is 0 Å². The third kappa shape index (κ3) is 6.52. The summed E-state index contributed by atoms with van der Waals surface area (Å²) in [5, 5.41) is 3.15. The van der Waals surface area contributed by atoms with Crippen molar-refractivity contribution >= 4 is 29.9 Å². The second-order valence-electron chi connectivity index (χ2n) is 5.76. The molecule has 1 atom stereocenters. The summed E-state index contributed by atoms with van der Waals surface area (Å²) in [7, 11) is 0. The molecule has 3 N–H and O–H groups in total. The van der Waals surface area contributed by atoms with Gasteiger partial charge in [0, 0.05) is 19.1 Å². The summed E-state index contributed by atoms with van der Waals surface area (Å²) in [6.07, 6.45) is 4.88. The number of hydrogen-bond donors (Lipinski definition) is 2. The summed E-state index contributed by atoms with van der Waals surface area (Å²) < 4.78 is 0. The Bertz CT molecular complexity index is 436. The first-order valence-electron chi connectivity index (χ1n) is 8.11. The average Bonchev–Trinajstić information content (AvgIpc) is 2.53. The Morgan fingerprint density at radius 3 is 2.82 bits per heavy atom. The first kappa shape index (κ1) is 19.2. The van der Waals surface area contributed by atoms with Crippen molar-refractivity contribution in [1.29, 1.82) is 0 Å². The van der Waals surface area contributed by atoms with Gasteiger partial charge in [-0.15, -0.1) is 24.0 Å². The predicted molar refractivity (Wildman–Crippen MR) is 105 cm³/mol. The molecule has 0 spiro atoms. The Kier molecular flexibility index (Phi) is 9.47. The first-order chi connectivity index (χ1) is 10.3. The number of nitrogens with two attached hydrogens (primary N) is 1. The molecular weight excluding hydrogens is 387 g/mol. The van der Waals surface area contributed by atoms with Crippen LogP contribution in [-0.2, 0) is 6.54 Å². The summed E-state index contributed by atoms with van der Waals surface area (Å²) in [6, 6.07) is 11.2. The lowest BCUT2D eigenvalue weighted by atomic mass is 10.0. The van der Waals surface area contributed by atoms with Crippen molar-refractivity contribution in [2.75, 3.05) is 19.6 Å². The SMILES string of the molecule is CCCNC(N)=NCC1CCCCN1Cc1ccccc1.I. The van der Waals surface area contributed by atoms with Gasteiger partial charge in [-0.3, -0.25) is 9.89 Å². The number of aliphatic imine (C=N–C) groups is 1. The van der Waals surface area contributed by atoms with Crippen LogP contribution in [0.25, 0.3) is 0 Å². The van der Waals surface area contributed by atoms with Crippen molar-refractivity contribution in [3.63, 3.8) is 0 Å². The maximum atomic E-state index is 5.90. The van der Waals surface area contributed by atoms with Gasteiger partial charge in [-0.1, -0.05) is 43.7 Å². The number of nitrogens with one attached hydrogen (secondary N) is 1. The number of nitrogens with zero attached hydrogens (tertiary/aromatic N) is 2. The zero-order valence-electron chi connectivity index (χ0n) is 13.5. The first-order valence-corrected chi connectivity index (χ1v) is 8.11. The fourth-order valence-electron chi connectivity index (χ4n) is 2.81. The molecular formula is C17H29IN4. The maximum absolute atomic E-state index is 5.90. The van der Waals surface area contributed by atoms with Gasteiger partial charge in [0.15, 0.2) is 5.96 Å². The van der Waals surface area contributed by atoms with Gasteiger partial charge in [-0.2, -0.15) is 0 Å². The second kappa shape index (κ2) is 10.8. The quantitative estimate of drug-likeness (QED) is 0.426. The van der Waals surface area contributed by atoms with Gasteiger partial charge in [0.25, 0.3) is 0 Å². The van der Waals surface area contributed by atoms with Crippen LogP contribution in [-0.4, -0.2) is 36.5 Å². The van der Waals surface area contributed by atoms with Gasteiger partial charge in [0.2, 0.25) is 0 Å². The molecule has 0 amide bonds. The van der Waals surface area contributed by atoms with E-state index in [0.717, 1.165) is 32.6 Å². The number of likely N-dealkylation sites (tertiary alicyclic amines) is 1. The van der Waals surface area contributed by atoms with E-state index in [1.807, 2.05) is 0 Å². The summed E-state index contributed by atoms with van der Waals surface area (Å²) >= 11 is 0. The lowest BCUT2D eigenvalue weighted by Gasteiger charge is -2.35. The van der Waals surface area contributed by atoms with Crippen LogP contribution in [0.5, 0.6) is 0 Å². The van der Waals surface area contributed by atoms with Crippen LogP contribution < -0.4 is 11.1 Å². The van der Waals surface area contributed by atoms with Gasteiger partial charge in [0.1, 0.15) is 0 Å². The van der Waals surface area contributed by atoms with Gasteiger partial charge >= 0.3 is 0 Å². The number of halogens is 1. The normalized spacial score (nSPS) is 19.5. The average molecular weight is 416 g/mol. The van der Waals surface area contributed by atoms with E-state index in [9.17, 15) is 0 Å². The smallest absolute Gasteiger partial charge is 0.188 e. The molecule has 1 saturated heterocycles. The third-order valence-electron chi connectivity index (χ3n) is 4.01. The van der Waals surface area contributed by atoms with Gasteiger partial charge in [-0.25, -0.2) is 0 Å². The molecule has 0 aliphatic carbocycles. The van der Waals surface area contributed by atoms with Crippen LogP contribution in [0.2, 0.25) is 0 Å². The molecule has 22 heavy (non-hydrogen) atoms. The summed E-state index contributed by atoms with van der Waals surface area (Å²) in [5.41, 5.74) is 7.28. The fourth-order valence-corrected chi connectivity index (χ4v) is 2.81. The van der Waals surface area contributed by atoms with Gasteiger partial charge < -0.3 is 11.1 Å². The van der Waals surface area contributed by atoms with E-state index in [2.05, 4.69) is 52.5 Å². The van der Waals surface area contributed by atoms with Gasteiger partial charge in [0.05, 0.1) is 6.54 Å². The molecule has 124 valence electrons. The summed E-state index contributed by atoms with van der Waals surface area (Å²) in [4.78, 5) is 7.07. The molecule has 1 heterocycles. The molecule has 1 aromatic rings. The number of guanidine groups is 1. The van der Waals surface area contributed by atoms with Crippen LogP contribution >= 0.6 is 24.0 Å². The van der Waals surface area contributed by atoms with Crippen molar-refractivity contribution in [3.8, 4) is 0 Å². The van der Waals surface area contributed by atoms with E-state index in [1.54, 1.807) is 0 Å². The summed E-state index contributed by atoms with van der Waals surface area (Å²) in [5.74, 6) is 0.585. The van der Waals surface area contributed by atoms with Gasteiger partial charge in [-0.05, 0) is 31.4 Å². The lowest BCUT2D eigenvalue weighted by Crippen LogP contribution is -2.42. The molecule has 0 bridgehead atoms.